The Morgan fingerprint density at radius 2 is 1.57 bits per heavy atom. The van der Waals surface area contributed by atoms with E-state index in [2.05, 4.69) is 34.6 Å². The molecular formula is C22H28N4O3S. The summed E-state index contributed by atoms with van der Waals surface area (Å²) in [6.07, 6.45) is 0.728. The van der Waals surface area contributed by atoms with Gasteiger partial charge in [0.2, 0.25) is 5.91 Å². The minimum Gasteiger partial charge on any atom is -0.480 e. The van der Waals surface area contributed by atoms with Crippen LogP contribution in [0.1, 0.15) is 29.9 Å². The molecule has 2 rings (SSSR count). The zero-order valence-corrected chi connectivity index (χ0v) is 17.6. The molecule has 1 amide bonds. The van der Waals surface area contributed by atoms with Gasteiger partial charge in [0, 0.05) is 18.2 Å². The Morgan fingerprint density at radius 1 is 1.00 bits per heavy atom. The van der Waals surface area contributed by atoms with Gasteiger partial charge in [0.25, 0.3) is 0 Å². The number of nitrogens with two attached hydrogens (primary N) is 2. The summed E-state index contributed by atoms with van der Waals surface area (Å²) < 4.78 is 0. The van der Waals surface area contributed by atoms with E-state index in [1.165, 1.54) is 22.9 Å². The second-order valence-corrected chi connectivity index (χ2v) is 7.83. The van der Waals surface area contributed by atoms with Crippen molar-refractivity contribution < 1.29 is 14.7 Å². The maximum atomic E-state index is 12.3. The number of carbonyl (C=O) groups excluding carboxylic acids is 1. The van der Waals surface area contributed by atoms with Gasteiger partial charge in [0.15, 0.2) is 5.96 Å². The third kappa shape index (κ3) is 8.16. The number of rotatable bonds is 12. The molecule has 160 valence electrons. The summed E-state index contributed by atoms with van der Waals surface area (Å²) in [5, 5.41) is 11.9. The van der Waals surface area contributed by atoms with Gasteiger partial charge >= 0.3 is 5.97 Å². The van der Waals surface area contributed by atoms with Crippen molar-refractivity contribution in [3.63, 3.8) is 0 Å². The van der Waals surface area contributed by atoms with E-state index in [1.807, 2.05) is 36.4 Å². The lowest BCUT2D eigenvalue weighted by atomic mass is 9.93. The highest BCUT2D eigenvalue weighted by atomic mass is 32.2. The molecule has 0 radical (unpaired) electrons. The van der Waals surface area contributed by atoms with Gasteiger partial charge in [0.1, 0.15) is 6.04 Å². The average molecular weight is 429 g/mol. The van der Waals surface area contributed by atoms with Crippen molar-refractivity contribution >= 4 is 29.6 Å². The molecule has 0 fully saturated rings. The smallest absolute Gasteiger partial charge is 0.326 e. The van der Waals surface area contributed by atoms with E-state index in [1.54, 1.807) is 0 Å². The highest BCUT2D eigenvalue weighted by Gasteiger charge is 2.20. The van der Waals surface area contributed by atoms with Gasteiger partial charge in [-0.3, -0.25) is 9.79 Å². The number of nitrogens with zero attached hydrogens (tertiary/aromatic N) is 1. The second kappa shape index (κ2) is 12.5. The Morgan fingerprint density at radius 3 is 2.07 bits per heavy atom. The van der Waals surface area contributed by atoms with Crippen LogP contribution in [0.2, 0.25) is 0 Å². The van der Waals surface area contributed by atoms with Crippen molar-refractivity contribution in [3.8, 4) is 0 Å². The van der Waals surface area contributed by atoms with Gasteiger partial charge in [-0.2, -0.15) is 11.8 Å². The standard InChI is InChI=1S/C22H28N4O3S/c23-22(24)25-13-7-12-19(21(28)29)26-20(27)15-30-14-18(16-8-3-1-4-9-16)17-10-5-2-6-11-17/h1-6,8-11,18-19H,7,12-15H2,(H,26,27)(H,28,29)(H4,23,24,25). The molecule has 1 atom stereocenters. The molecular weight excluding hydrogens is 400 g/mol. The van der Waals surface area contributed by atoms with Crippen LogP contribution < -0.4 is 16.8 Å². The van der Waals surface area contributed by atoms with Gasteiger partial charge in [-0.15, -0.1) is 0 Å². The Bertz CT molecular complexity index is 787. The number of aliphatic imine (C=N–C) groups is 1. The Kier molecular flexibility index (Phi) is 9.73. The van der Waals surface area contributed by atoms with Gasteiger partial charge in [-0.25, -0.2) is 4.79 Å². The van der Waals surface area contributed by atoms with Crippen LogP contribution in [0.5, 0.6) is 0 Å². The third-order valence-electron chi connectivity index (χ3n) is 4.50. The summed E-state index contributed by atoms with van der Waals surface area (Å²) in [4.78, 5) is 27.5. The Balaban J connectivity index is 1.88. The number of benzene rings is 2. The van der Waals surface area contributed by atoms with Gasteiger partial charge in [-0.05, 0) is 24.0 Å². The van der Waals surface area contributed by atoms with Crippen LogP contribution >= 0.6 is 11.8 Å². The fraction of sp³-hybridized carbons (Fsp3) is 0.318. The highest BCUT2D eigenvalue weighted by molar-refractivity contribution is 7.99. The number of guanidine groups is 1. The SMILES string of the molecule is NC(N)=NCCCC(NC(=O)CSCC(c1ccccc1)c1ccccc1)C(=O)O. The minimum absolute atomic E-state index is 0.0336. The molecule has 0 saturated carbocycles. The number of nitrogens with one attached hydrogen (secondary N) is 1. The Hall–Kier alpha value is -3.00. The summed E-state index contributed by atoms with van der Waals surface area (Å²) in [5.41, 5.74) is 12.9. The summed E-state index contributed by atoms with van der Waals surface area (Å²) >= 11 is 1.49. The molecule has 7 nitrogen and oxygen atoms in total. The first-order valence-corrected chi connectivity index (χ1v) is 10.9. The van der Waals surface area contributed by atoms with Crippen molar-refractivity contribution in [1.82, 2.24) is 5.32 Å². The van der Waals surface area contributed by atoms with Crippen LogP contribution in [0.15, 0.2) is 65.7 Å². The lowest BCUT2D eigenvalue weighted by Gasteiger charge is -2.18. The maximum Gasteiger partial charge on any atom is 0.326 e. The average Bonchev–Trinajstić information content (AvgIpc) is 2.74. The summed E-state index contributed by atoms with van der Waals surface area (Å²) in [5.74, 6) is -0.343. The molecule has 1 unspecified atom stereocenters. The van der Waals surface area contributed by atoms with Gasteiger partial charge in [-0.1, -0.05) is 60.7 Å². The first kappa shape index (κ1) is 23.3. The largest absolute Gasteiger partial charge is 0.480 e. The molecule has 0 aliphatic rings. The van der Waals surface area contributed by atoms with Crippen molar-refractivity contribution in [3.05, 3.63) is 71.8 Å². The lowest BCUT2D eigenvalue weighted by molar-refractivity contribution is -0.141. The number of hydrogen-bond donors (Lipinski definition) is 4. The van der Waals surface area contributed by atoms with Gasteiger partial charge in [0.05, 0.1) is 5.75 Å². The van der Waals surface area contributed by atoms with Crippen LogP contribution in [-0.4, -0.2) is 47.0 Å². The van der Waals surface area contributed by atoms with Crippen molar-refractivity contribution in [2.45, 2.75) is 24.8 Å². The Labute approximate surface area is 181 Å². The molecule has 8 heteroatoms. The molecule has 0 aromatic heterocycles. The van der Waals surface area contributed by atoms with E-state index in [0.717, 1.165) is 0 Å². The normalized spacial score (nSPS) is 11.6. The quantitative estimate of drug-likeness (QED) is 0.233. The number of aliphatic carboxylic acids is 1. The van der Waals surface area contributed by atoms with E-state index in [4.69, 9.17) is 11.5 Å². The number of carbonyl (C=O) groups is 2. The van der Waals surface area contributed by atoms with E-state index in [-0.39, 0.29) is 30.0 Å². The van der Waals surface area contributed by atoms with Crippen LogP contribution in [0.3, 0.4) is 0 Å². The predicted octanol–water partition coefficient (Wildman–Crippen LogP) is 2.17. The summed E-state index contributed by atoms with van der Waals surface area (Å²) in [7, 11) is 0. The second-order valence-electron chi connectivity index (χ2n) is 6.80. The number of carboxylic acid groups (broad SMARTS) is 1. The minimum atomic E-state index is -1.07. The van der Waals surface area contributed by atoms with Crippen LogP contribution in [0.25, 0.3) is 0 Å². The predicted molar refractivity (Wildman–Crippen MR) is 122 cm³/mol. The molecule has 2 aromatic carbocycles. The molecule has 30 heavy (non-hydrogen) atoms. The zero-order valence-electron chi connectivity index (χ0n) is 16.7. The van der Waals surface area contributed by atoms with Crippen molar-refractivity contribution in [2.75, 3.05) is 18.1 Å². The van der Waals surface area contributed by atoms with Crippen LogP contribution in [-0.2, 0) is 9.59 Å². The molecule has 0 aliphatic heterocycles. The number of carboxylic acids is 1. The number of hydrogen-bond acceptors (Lipinski definition) is 4. The van der Waals surface area contributed by atoms with Crippen molar-refractivity contribution in [2.24, 2.45) is 16.5 Å². The summed E-state index contributed by atoms with van der Waals surface area (Å²) in [6, 6.07) is 19.3. The van der Waals surface area contributed by atoms with Crippen molar-refractivity contribution in [1.29, 1.82) is 0 Å². The monoisotopic (exact) mass is 428 g/mol. The van der Waals surface area contributed by atoms with E-state index >= 15 is 0 Å². The molecule has 2 aromatic rings. The van der Waals surface area contributed by atoms with E-state index in [9.17, 15) is 14.7 Å². The van der Waals surface area contributed by atoms with Gasteiger partial charge < -0.3 is 21.9 Å². The topological polar surface area (TPSA) is 131 Å². The maximum absolute atomic E-state index is 12.3. The first-order valence-electron chi connectivity index (χ1n) is 9.72. The number of amides is 1. The highest BCUT2D eigenvalue weighted by Crippen LogP contribution is 2.28. The van der Waals surface area contributed by atoms with E-state index in [0.29, 0.717) is 18.7 Å². The van der Waals surface area contributed by atoms with Crippen LogP contribution in [0.4, 0.5) is 0 Å². The molecule has 0 aliphatic carbocycles. The zero-order chi connectivity index (χ0) is 21.8. The molecule has 0 heterocycles. The lowest BCUT2D eigenvalue weighted by Crippen LogP contribution is -2.41. The molecule has 0 saturated heterocycles. The van der Waals surface area contributed by atoms with Crippen LogP contribution in [0, 0.1) is 0 Å². The molecule has 6 N–H and O–H groups in total. The fourth-order valence-electron chi connectivity index (χ4n) is 3.02. The third-order valence-corrected chi connectivity index (χ3v) is 5.54. The summed E-state index contributed by atoms with van der Waals surface area (Å²) in [6.45, 7) is 0.326. The number of thioether (sulfide) groups is 1. The first-order chi connectivity index (χ1) is 14.5. The fourth-order valence-corrected chi connectivity index (χ4v) is 4.03. The molecule has 0 spiro atoms. The molecule has 0 bridgehead atoms. The van der Waals surface area contributed by atoms with E-state index < -0.39 is 12.0 Å².